The number of rotatable bonds is 1. The van der Waals surface area contributed by atoms with Crippen LogP contribution in [0.4, 0.5) is 0 Å². The molecule has 0 radical (unpaired) electrons. The van der Waals surface area contributed by atoms with Gasteiger partial charge in [-0.3, -0.25) is 0 Å². The minimum absolute atomic E-state index is 0.177. The first-order valence-electron chi connectivity index (χ1n) is 12.4. The Labute approximate surface area is 200 Å². The Balaban J connectivity index is 1.63. The number of H-pyrrole nitrogens is 1. The average molecular weight is 443 g/mol. The van der Waals surface area contributed by atoms with E-state index >= 15 is 0 Å². The topological polar surface area (TPSA) is 20.7 Å². The maximum atomic E-state index is 3.76. The molecule has 34 heavy (non-hydrogen) atoms. The number of hydrogen-bond acceptors (Lipinski definition) is 0. The maximum absolute atomic E-state index is 3.76. The first-order valence-corrected chi connectivity index (χ1v) is 12.4. The molecule has 0 saturated heterocycles. The number of fused-ring (bicyclic) bond motifs is 8. The van der Waals surface area contributed by atoms with Gasteiger partial charge >= 0.3 is 0 Å². The third-order valence-electron chi connectivity index (χ3n) is 8.41. The van der Waals surface area contributed by atoms with Gasteiger partial charge in [-0.2, -0.15) is 0 Å². The molecule has 0 fully saturated rings. The van der Waals surface area contributed by atoms with Crippen molar-refractivity contribution >= 4 is 43.6 Å². The van der Waals surface area contributed by atoms with Crippen molar-refractivity contribution in [3.05, 3.63) is 90.0 Å². The van der Waals surface area contributed by atoms with Gasteiger partial charge in [-0.25, -0.2) is 0 Å². The highest BCUT2D eigenvalue weighted by atomic mass is 15.0. The predicted molar refractivity (Wildman–Crippen MR) is 145 cm³/mol. The molecule has 0 bridgehead atoms. The van der Waals surface area contributed by atoms with Gasteiger partial charge < -0.3 is 9.55 Å². The van der Waals surface area contributed by atoms with Gasteiger partial charge in [0.25, 0.3) is 0 Å². The Kier molecular flexibility index (Phi) is 3.83. The van der Waals surface area contributed by atoms with Crippen LogP contribution in [0, 0.1) is 0 Å². The third-order valence-corrected chi connectivity index (χ3v) is 8.41. The molecule has 2 heterocycles. The lowest BCUT2D eigenvalue weighted by atomic mass is 9.63. The molecule has 0 unspecified atom stereocenters. The zero-order chi connectivity index (χ0) is 23.2. The lowest BCUT2D eigenvalue weighted by molar-refractivity contribution is 0.332. The van der Waals surface area contributed by atoms with Crippen LogP contribution >= 0.6 is 0 Å². The molecule has 0 spiro atoms. The fraction of sp³-hybridized carbons (Fsp3) is 0.250. The Morgan fingerprint density at radius 2 is 1.32 bits per heavy atom. The van der Waals surface area contributed by atoms with Crippen LogP contribution in [-0.4, -0.2) is 9.55 Å². The molecule has 1 aliphatic rings. The van der Waals surface area contributed by atoms with Crippen LogP contribution in [0.3, 0.4) is 0 Å². The van der Waals surface area contributed by atoms with Gasteiger partial charge in [-0.15, -0.1) is 0 Å². The molecule has 1 N–H and O–H groups in total. The first-order chi connectivity index (χ1) is 16.4. The molecule has 1 aliphatic carbocycles. The summed E-state index contributed by atoms with van der Waals surface area (Å²) in [5.41, 5.74) is 9.58. The van der Waals surface area contributed by atoms with Crippen LogP contribution in [-0.2, 0) is 10.8 Å². The molecule has 2 heteroatoms. The fourth-order valence-electron chi connectivity index (χ4n) is 6.35. The van der Waals surface area contributed by atoms with Crippen molar-refractivity contribution in [3.8, 4) is 5.69 Å². The van der Waals surface area contributed by atoms with Crippen LogP contribution in [0.5, 0.6) is 0 Å². The summed E-state index contributed by atoms with van der Waals surface area (Å²) in [5.74, 6) is 0. The van der Waals surface area contributed by atoms with E-state index in [1.54, 1.807) is 0 Å². The zero-order valence-corrected chi connectivity index (χ0v) is 20.4. The van der Waals surface area contributed by atoms with Crippen LogP contribution in [0.1, 0.15) is 51.7 Å². The van der Waals surface area contributed by atoms with E-state index in [0.717, 1.165) is 0 Å². The molecule has 0 aliphatic heterocycles. The van der Waals surface area contributed by atoms with Gasteiger partial charge in [0.1, 0.15) is 0 Å². The lowest BCUT2D eigenvalue weighted by Crippen LogP contribution is -2.33. The van der Waals surface area contributed by atoms with Gasteiger partial charge in [0.05, 0.1) is 16.6 Å². The van der Waals surface area contributed by atoms with E-state index in [-0.39, 0.29) is 10.8 Å². The monoisotopic (exact) mass is 442 g/mol. The highest BCUT2D eigenvalue weighted by Gasteiger charge is 2.37. The van der Waals surface area contributed by atoms with E-state index in [1.165, 1.54) is 73.3 Å². The normalized spacial score (nSPS) is 17.1. The molecule has 168 valence electrons. The van der Waals surface area contributed by atoms with E-state index in [1.807, 2.05) is 0 Å². The van der Waals surface area contributed by atoms with Gasteiger partial charge in [-0.05, 0) is 59.1 Å². The molecule has 0 atom stereocenters. The Morgan fingerprint density at radius 1 is 0.647 bits per heavy atom. The summed E-state index contributed by atoms with van der Waals surface area (Å²) in [7, 11) is 0. The van der Waals surface area contributed by atoms with Crippen LogP contribution in [0.15, 0.2) is 78.9 Å². The van der Waals surface area contributed by atoms with Gasteiger partial charge in [-0.1, -0.05) is 82.3 Å². The Morgan fingerprint density at radius 3 is 2.15 bits per heavy atom. The fourth-order valence-corrected chi connectivity index (χ4v) is 6.35. The third kappa shape index (κ3) is 2.57. The van der Waals surface area contributed by atoms with Gasteiger partial charge in [0.15, 0.2) is 0 Å². The molecule has 0 amide bonds. The van der Waals surface area contributed by atoms with Crippen molar-refractivity contribution in [2.45, 2.75) is 51.4 Å². The highest BCUT2D eigenvalue weighted by molar-refractivity contribution is 6.22. The smallest absolute Gasteiger partial charge is 0.0783 e. The molecular formula is C32H30N2. The van der Waals surface area contributed by atoms with Crippen molar-refractivity contribution in [3.63, 3.8) is 0 Å². The van der Waals surface area contributed by atoms with Crippen molar-refractivity contribution in [2.24, 2.45) is 0 Å². The number of nitrogens with zero attached hydrogens (tertiary/aromatic N) is 1. The van der Waals surface area contributed by atoms with Crippen molar-refractivity contribution in [1.29, 1.82) is 0 Å². The van der Waals surface area contributed by atoms with Crippen LogP contribution in [0.25, 0.3) is 49.3 Å². The molecule has 2 nitrogen and oxygen atoms in total. The second-order valence-corrected chi connectivity index (χ2v) is 11.4. The van der Waals surface area contributed by atoms with E-state index in [9.17, 15) is 0 Å². The molecule has 0 saturated carbocycles. The Bertz CT molecular complexity index is 1760. The summed E-state index contributed by atoms with van der Waals surface area (Å²) in [6, 6.07) is 29.3. The summed E-state index contributed by atoms with van der Waals surface area (Å²) in [4.78, 5) is 3.76. The number of hydrogen-bond donors (Lipinski definition) is 1. The number of benzene rings is 4. The van der Waals surface area contributed by atoms with E-state index in [2.05, 4.69) is 116 Å². The summed E-state index contributed by atoms with van der Waals surface area (Å²) in [6.07, 6.45) is 2.45. The number of aromatic amines is 1. The second-order valence-electron chi connectivity index (χ2n) is 11.4. The maximum Gasteiger partial charge on any atom is 0.0783 e. The summed E-state index contributed by atoms with van der Waals surface area (Å²) < 4.78 is 2.49. The van der Waals surface area contributed by atoms with Crippen LogP contribution < -0.4 is 0 Å². The van der Waals surface area contributed by atoms with Crippen molar-refractivity contribution in [1.82, 2.24) is 9.55 Å². The molecule has 7 rings (SSSR count). The minimum atomic E-state index is 0.177. The zero-order valence-electron chi connectivity index (χ0n) is 20.4. The standard InChI is InChI=1S/C32H30N2/c1-31(2)17-18-32(3,4)26-19-20(13-16-25(26)31)34-28-12-8-6-10-22(28)24-15-14-23-21-9-5-7-11-27(21)33-29(23)30(24)34/h5-16,19,33H,17-18H2,1-4H3. The van der Waals surface area contributed by atoms with Gasteiger partial charge in [0.2, 0.25) is 0 Å². The summed E-state index contributed by atoms with van der Waals surface area (Å²) >= 11 is 0. The quantitative estimate of drug-likeness (QED) is 0.263. The molecule has 4 aromatic carbocycles. The number of para-hydroxylation sites is 2. The predicted octanol–water partition coefficient (Wildman–Crippen LogP) is 8.77. The molecule has 2 aromatic heterocycles. The number of aromatic nitrogens is 2. The second kappa shape index (κ2) is 6.54. The largest absolute Gasteiger partial charge is 0.353 e. The minimum Gasteiger partial charge on any atom is -0.353 e. The molecular weight excluding hydrogens is 412 g/mol. The van der Waals surface area contributed by atoms with Crippen LogP contribution in [0.2, 0.25) is 0 Å². The van der Waals surface area contributed by atoms with E-state index in [4.69, 9.17) is 0 Å². The van der Waals surface area contributed by atoms with Crippen molar-refractivity contribution in [2.75, 3.05) is 0 Å². The van der Waals surface area contributed by atoms with Gasteiger partial charge in [0, 0.05) is 32.7 Å². The van der Waals surface area contributed by atoms with Crippen molar-refractivity contribution < 1.29 is 0 Å². The van der Waals surface area contributed by atoms with E-state index in [0.29, 0.717) is 0 Å². The first kappa shape index (κ1) is 19.9. The average Bonchev–Trinajstić information content (AvgIpc) is 3.38. The lowest BCUT2D eigenvalue weighted by Gasteiger charge is -2.42. The highest BCUT2D eigenvalue weighted by Crippen LogP contribution is 2.47. The summed E-state index contributed by atoms with van der Waals surface area (Å²) in [5, 5.41) is 5.17. The summed E-state index contributed by atoms with van der Waals surface area (Å²) in [6.45, 7) is 9.61. The SMILES string of the molecule is CC1(C)CCC(C)(C)c2cc(-n3c4ccccc4c4ccc5c6ccccc6[nH]c5c43)ccc21. The van der Waals surface area contributed by atoms with E-state index < -0.39 is 0 Å². The molecule has 6 aromatic rings. The Hall–Kier alpha value is -3.52. The number of nitrogens with one attached hydrogen (secondary N) is 1.